The van der Waals surface area contributed by atoms with Gasteiger partial charge in [0.05, 0.1) is 110 Å². The van der Waals surface area contributed by atoms with Crippen LogP contribution >= 0.6 is 0 Å². The highest BCUT2D eigenvalue weighted by atomic mass is 16.7. The predicted molar refractivity (Wildman–Crippen MR) is 275 cm³/mol. The van der Waals surface area contributed by atoms with Crippen LogP contribution in [0.15, 0.2) is 73.4 Å². The van der Waals surface area contributed by atoms with E-state index in [0.717, 1.165) is 25.7 Å². The standard InChI is InChI=1S/C60H84O16/c1-7-8-13-34-14-11-17-41-56(65-34)53(63)57-49(69-41)26-43-40(72-57)21-20-38-39(67-43)19-18-37-35(66-38)15-9-10-16-36-45(68-37)28-50(61)59(6)51(71-36)29-46-47(75-59)25-30(2)24-42-44(70-46)27-48-54(73-42)32(4)52(62)58-55(74-48)31(3)33(5)60(76-58)22-12-23-64-60/h7-11,13-14,18-21,30-58,61-63H,1,12,15-17,22-29H2,2-6H3/b10-9-,13-8+/t30-,31+,32+,33+,34+,35-,36+,37+,38+,39-,40-,41+,42+,43+,44-,45-,46+,47-,48+,49-,50-,51-,52+,53-,54-,55-,56+,57-,58+,59+,60?/m1/s1. The van der Waals surface area contributed by atoms with Crippen LogP contribution in [0.2, 0.25) is 0 Å². The van der Waals surface area contributed by atoms with E-state index in [-0.39, 0.29) is 103 Å². The molecule has 31 atom stereocenters. The average Bonchev–Trinajstić information content (AvgIpc) is 3.62. The van der Waals surface area contributed by atoms with Crippen molar-refractivity contribution in [2.45, 2.75) is 269 Å². The van der Waals surface area contributed by atoms with Crippen LogP contribution in [0.3, 0.4) is 0 Å². The first-order chi connectivity index (χ1) is 36.8. The maximum Gasteiger partial charge on any atom is 0.171 e. The fourth-order valence-electron chi connectivity index (χ4n) is 15.8. The number of aliphatic hydroxyl groups is 3. The van der Waals surface area contributed by atoms with E-state index >= 15 is 0 Å². The molecule has 1 spiro atoms. The van der Waals surface area contributed by atoms with Crippen molar-refractivity contribution in [3.63, 3.8) is 0 Å². The molecule has 9 saturated heterocycles. The first kappa shape index (κ1) is 53.1. The summed E-state index contributed by atoms with van der Waals surface area (Å²) in [4.78, 5) is 0. The normalized spacial score (nSPS) is 57.1. The van der Waals surface area contributed by atoms with E-state index in [1.807, 2.05) is 37.3 Å². The quantitative estimate of drug-likeness (QED) is 0.222. The first-order valence-corrected chi connectivity index (χ1v) is 29.3. The number of allylic oxidation sites excluding steroid dienone is 2. The fraction of sp³-hybridized carbons (Fsp3) is 0.800. The van der Waals surface area contributed by atoms with Crippen LogP contribution in [0.25, 0.3) is 0 Å². The minimum Gasteiger partial charge on any atom is -0.390 e. The van der Waals surface area contributed by atoms with Gasteiger partial charge in [0.25, 0.3) is 0 Å². The van der Waals surface area contributed by atoms with E-state index in [0.29, 0.717) is 51.6 Å². The van der Waals surface area contributed by atoms with Crippen molar-refractivity contribution in [3.05, 3.63) is 73.4 Å². The van der Waals surface area contributed by atoms with Crippen LogP contribution in [0.4, 0.5) is 0 Å². The molecular weight excluding hydrogens is 977 g/mol. The van der Waals surface area contributed by atoms with Crippen molar-refractivity contribution in [1.29, 1.82) is 0 Å². The first-order valence-electron chi connectivity index (χ1n) is 29.3. The van der Waals surface area contributed by atoms with Crippen molar-refractivity contribution in [2.75, 3.05) is 6.61 Å². The van der Waals surface area contributed by atoms with Gasteiger partial charge in [-0.1, -0.05) is 101 Å². The third kappa shape index (κ3) is 9.58. The molecule has 16 nitrogen and oxygen atoms in total. The molecule has 0 aromatic carbocycles. The smallest absolute Gasteiger partial charge is 0.171 e. The van der Waals surface area contributed by atoms with Gasteiger partial charge in [0.2, 0.25) is 0 Å². The minimum absolute atomic E-state index is 0.0983. The Balaban J connectivity index is 0.686. The number of ether oxygens (including phenoxy) is 13. The summed E-state index contributed by atoms with van der Waals surface area (Å²) in [6.07, 6.45) is 18.3. The van der Waals surface area contributed by atoms with Gasteiger partial charge in [-0.3, -0.25) is 0 Å². The van der Waals surface area contributed by atoms with Crippen LogP contribution in [0, 0.1) is 23.7 Å². The summed E-state index contributed by atoms with van der Waals surface area (Å²) < 4.78 is 89.5. The maximum absolute atomic E-state index is 12.4. The Kier molecular flexibility index (Phi) is 14.9. The van der Waals surface area contributed by atoms with Gasteiger partial charge < -0.3 is 76.9 Å². The van der Waals surface area contributed by atoms with Crippen LogP contribution in [-0.2, 0) is 61.6 Å². The Morgan fingerprint density at radius 1 is 0.500 bits per heavy atom. The van der Waals surface area contributed by atoms with Gasteiger partial charge in [-0.25, -0.2) is 0 Å². The zero-order valence-corrected chi connectivity index (χ0v) is 44.9. The lowest BCUT2D eigenvalue weighted by atomic mass is 9.76. The van der Waals surface area contributed by atoms with E-state index in [1.54, 1.807) is 6.08 Å². The summed E-state index contributed by atoms with van der Waals surface area (Å²) in [5, 5.41) is 36.2. The van der Waals surface area contributed by atoms with Crippen molar-refractivity contribution < 1.29 is 76.9 Å². The lowest BCUT2D eigenvalue weighted by Gasteiger charge is -2.53. The lowest BCUT2D eigenvalue weighted by molar-refractivity contribution is -0.339. The Morgan fingerprint density at radius 2 is 1.13 bits per heavy atom. The maximum atomic E-state index is 12.4. The average molecular weight is 1060 g/mol. The summed E-state index contributed by atoms with van der Waals surface area (Å²) >= 11 is 0. The molecule has 9 fully saturated rings. The number of aliphatic hydroxyl groups excluding tert-OH is 3. The molecule has 3 N–H and O–H groups in total. The molecule has 13 aliphatic rings. The second-order valence-electron chi connectivity index (χ2n) is 25.1. The van der Waals surface area contributed by atoms with Crippen LogP contribution in [0.1, 0.15) is 105 Å². The molecule has 0 aliphatic carbocycles. The zero-order chi connectivity index (χ0) is 52.2. The van der Waals surface area contributed by atoms with Gasteiger partial charge in [-0.15, -0.1) is 0 Å². The molecule has 0 bridgehead atoms. The van der Waals surface area contributed by atoms with E-state index in [9.17, 15) is 15.3 Å². The predicted octanol–water partition coefficient (Wildman–Crippen LogP) is 5.83. The molecule has 0 radical (unpaired) electrons. The number of hydrogen-bond donors (Lipinski definition) is 3. The van der Waals surface area contributed by atoms with Gasteiger partial charge in [0.15, 0.2) is 5.79 Å². The summed E-state index contributed by atoms with van der Waals surface area (Å²) in [6.45, 7) is 15.2. The van der Waals surface area contributed by atoms with Crippen molar-refractivity contribution >= 4 is 0 Å². The number of hydrogen-bond acceptors (Lipinski definition) is 16. The van der Waals surface area contributed by atoms with E-state index in [1.165, 1.54) is 0 Å². The van der Waals surface area contributed by atoms with Gasteiger partial charge in [0.1, 0.15) is 54.4 Å². The SMILES string of the molecule is C=C/C=C/[C@H]1C=CC[C@@H]2O[C@@H]3C[C@@H]4O[C@@H]5C=C[C@@H]6O[C@@H]7C[C@@H](O)[C@]8(C)O[C@@H]9C[C@H](C)C[C@@H]%10O[C@@H]%11[C@@H](C)[C@H](O)[C@@H]%12OC%13(CCCO%13)[C@@H](C)[C@H](C)[C@H]%12O[C@H]%11C[C@H]%10O[C@H]9C[C@H]8O[C@H]7C/C=C\C[C@H]6O[C@H]5C=C[C@H]4O[C@H]3[C@H](O)[C@H]2O1. The van der Waals surface area contributed by atoms with Crippen molar-refractivity contribution in [2.24, 2.45) is 23.7 Å². The Labute approximate surface area is 448 Å². The molecule has 0 aromatic heterocycles. The molecule has 0 saturated carbocycles. The summed E-state index contributed by atoms with van der Waals surface area (Å²) in [6, 6.07) is 0. The number of fused-ring (bicyclic) bond motifs is 11. The van der Waals surface area contributed by atoms with E-state index in [2.05, 4.69) is 64.7 Å². The fourth-order valence-corrected chi connectivity index (χ4v) is 15.8. The molecule has 420 valence electrons. The topological polar surface area (TPSA) is 181 Å². The van der Waals surface area contributed by atoms with Crippen molar-refractivity contribution in [1.82, 2.24) is 0 Å². The van der Waals surface area contributed by atoms with Crippen molar-refractivity contribution in [3.8, 4) is 0 Å². The molecule has 1 unspecified atom stereocenters. The molecule has 13 rings (SSSR count). The third-order valence-corrected chi connectivity index (χ3v) is 20.3. The summed E-state index contributed by atoms with van der Waals surface area (Å²) in [7, 11) is 0. The Morgan fingerprint density at radius 3 is 1.92 bits per heavy atom. The Bertz CT molecular complexity index is 2230. The Hall–Kier alpha value is -2.20. The molecule has 13 aliphatic heterocycles. The summed E-state index contributed by atoms with van der Waals surface area (Å²) in [5.74, 6) is -0.482. The van der Waals surface area contributed by atoms with Crippen LogP contribution in [-0.4, -0.2) is 186 Å². The summed E-state index contributed by atoms with van der Waals surface area (Å²) in [5.41, 5.74) is -1.01. The molecular formula is C60H84O16. The van der Waals surface area contributed by atoms with Gasteiger partial charge in [-0.2, -0.15) is 0 Å². The molecule has 0 amide bonds. The van der Waals surface area contributed by atoms with E-state index in [4.69, 9.17) is 61.6 Å². The monoisotopic (exact) mass is 1060 g/mol. The van der Waals surface area contributed by atoms with Gasteiger partial charge in [0, 0.05) is 43.9 Å². The highest BCUT2D eigenvalue weighted by Crippen LogP contribution is 2.52. The zero-order valence-electron chi connectivity index (χ0n) is 44.9. The third-order valence-electron chi connectivity index (χ3n) is 20.3. The molecule has 76 heavy (non-hydrogen) atoms. The number of rotatable bonds is 2. The second-order valence-corrected chi connectivity index (χ2v) is 25.1. The molecule has 0 aromatic rings. The molecule has 16 heteroatoms. The second kappa shape index (κ2) is 21.3. The highest BCUT2D eigenvalue weighted by Gasteiger charge is 2.62. The highest BCUT2D eigenvalue weighted by molar-refractivity contribution is 5.18. The van der Waals surface area contributed by atoms with Gasteiger partial charge in [-0.05, 0) is 57.3 Å². The largest absolute Gasteiger partial charge is 0.390 e. The van der Waals surface area contributed by atoms with Gasteiger partial charge >= 0.3 is 0 Å². The lowest BCUT2D eigenvalue weighted by Crippen LogP contribution is -2.63. The van der Waals surface area contributed by atoms with E-state index < -0.39 is 84.6 Å². The molecule has 13 heterocycles. The van der Waals surface area contributed by atoms with Crippen LogP contribution < -0.4 is 0 Å². The van der Waals surface area contributed by atoms with Crippen LogP contribution in [0.5, 0.6) is 0 Å². The minimum atomic E-state index is -1.01.